The van der Waals surface area contributed by atoms with Crippen molar-refractivity contribution < 1.29 is 24.5 Å². The number of hydrogen-bond donors (Lipinski definition) is 2. The van der Waals surface area contributed by atoms with Crippen molar-refractivity contribution in [2.45, 2.75) is 13.0 Å². The first-order valence-electron chi connectivity index (χ1n) is 6.40. The van der Waals surface area contributed by atoms with Gasteiger partial charge in [0.1, 0.15) is 5.69 Å². The van der Waals surface area contributed by atoms with E-state index in [-0.39, 0.29) is 17.3 Å². The average Bonchev–Trinajstić information content (AvgIpc) is 2.85. The quantitative estimate of drug-likeness (QED) is 0.612. The maximum Gasteiger partial charge on any atom is 0.354 e. The molecule has 21 heavy (non-hydrogen) atoms. The van der Waals surface area contributed by atoms with Crippen LogP contribution >= 0.6 is 0 Å². The van der Waals surface area contributed by atoms with Crippen LogP contribution in [0.4, 0.5) is 0 Å². The van der Waals surface area contributed by atoms with Gasteiger partial charge in [0.25, 0.3) is 0 Å². The highest BCUT2D eigenvalue weighted by molar-refractivity contribution is 6.10. The number of nitrogens with zero attached hydrogens (tertiary/aromatic N) is 1. The van der Waals surface area contributed by atoms with Crippen LogP contribution in [0.3, 0.4) is 0 Å². The average molecular weight is 287 g/mol. The van der Waals surface area contributed by atoms with E-state index in [1.807, 2.05) is 0 Å². The van der Waals surface area contributed by atoms with E-state index in [4.69, 9.17) is 4.74 Å². The number of methoxy groups -OCH3 is 1. The fourth-order valence-corrected chi connectivity index (χ4v) is 2.60. The SMILES string of the molecule is COC(=O)c1ccc2n1CCc1cc(O)c(O)cc1C2=O. The lowest BCUT2D eigenvalue weighted by molar-refractivity contribution is 0.0588. The van der Waals surface area contributed by atoms with E-state index in [9.17, 15) is 19.8 Å². The maximum atomic E-state index is 12.6. The summed E-state index contributed by atoms with van der Waals surface area (Å²) in [5.41, 5.74) is 1.63. The predicted molar refractivity (Wildman–Crippen MR) is 72.7 cm³/mol. The van der Waals surface area contributed by atoms with Crippen LogP contribution in [0.1, 0.15) is 32.1 Å². The number of aryl methyl sites for hydroxylation is 1. The molecule has 3 rings (SSSR count). The standard InChI is InChI=1S/C15H13NO5/c1-21-15(20)11-3-2-10-14(19)9-7-13(18)12(17)6-8(9)4-5-16(10)11/h2-3,6-7,17-18H,4-5H2,1H3. The van der Waals surface area contributed by atoms with Crippen molar-refractivity contribution >= 4 is 11.8 Å². The van der Waals surface area contributed by atoms with E-state index in [2.05, 4.69) is 0 Å². The molecule has 1 aromatic heterocycles. The third-order valence-electron chi connectivity index (χ3n) is 3.66. The Morgan fingerprint density at radius 3 is 2.67 bits per heavy atom. The first-order chi connectivity index (χ1) is 10.0. The molecule has 1 aliphatic rings. The smallest absolute Gasteiger partial charge is 0.354 e. The summed E-state index contributed by atoms with van der Waals surface area (Å²) >= 11 is 0. The molecule has 0 spiro atoms. The number of aromatic hydroxyl groups is 2. The Bertz CT molecular complexity index is 760. The molecule has 0 unspecified atom stereocenters. The van der Waals surface area contributed by atoms with Gasteiger partial charge in [-0.15, -0.1) is 0 Å². The Morgan fingerprint density at radius 2 is 1.95 bits per heavy atom. The summed E-state index contributed by atoms with van der Waals surface area (Å²) in [4.78, 5) is 24.3. The predicted octanol–water partition coefficient (Wildman–Crippen LogP) is 1.47. The van der Waals surface area contributed by atoms with Gasteiger partial charge in [-0.3, -0.25) is 4.79 Å². The second-order valence-corrected chi connectivity index (χ2v) is 4.82. The Kier molecular flexibility index (Phi) is 2.94. The fraction of sp³-hybridized carbons (Fsp3) is 0.200. The number of hydrogen-bond acceptors (Lipinski definition) is 5. The molecule has 0 bridgehead atoms. The molecule has 108 valence electrons. The van der Waals surface area contributed by atoms with Gasteiger partial charge in [0.2, 0.25) is 5.78 Å². The highest BCUT2D eigenvalue weighted by Gasteiger charge is 2.26. The number of fused-ring (bicyclic) bond motifs is 2. The van der Waals surface area contributed by atoms with Crippen molar-refractivity contribution in [2.24, 2.45) is 0 Å². The van der Waals surface area contributed by atoms with Crippen molar-refractivity contribution in [3.05, 3.63) is 46.8 Å². The number of ketones is 1. The number of ether oxygens (including phenoxy) is 1. The Labute approximate surface area is 120 Å². The van der Waals surface area contributed by atoms with Gasteiger partial charge in [-0.2, -0.15) is 0 Å². The first-order valence-corrected chi connectivity index (χ1v) is 6.40. The van der Waals surface area contributed by atoms with Crippen LogP contribution in [0.15, 0.2) is 24.3 Å². The third-order valence-corrected chi connectivity index (χ3v) is 3.66. The number of carbonyl (C=O) groups is 2. The number of carbonyl (C=O) groups excluding carboxylic acids is 2. The molecule has 2 aromatic rings. The zero-order chi connectivity index (χ0) is 15.1. The van der Waals surface area contributed by atoms with Crippen molar-refractivity contribution in [3.8, 4) is 11.5 Å². The van der Waals surface area contributed by atoms with Gasteiger partial charge in [0, 0.05) is 12.1 Å². The van der Waals surface area contributed by atoms with Crippen LogP contribution in [0.25, 0.3) is 0 Å². The number of phenolic OH excluding ortho intramolecular Hbond substituents is 2. The lowest BCUT2D eigenvalue weighted by Crippen LogP contribution is -2.14. The van der Waals surface area contributed by atoms with E-state index in [0.29, 0.717) is 35.5 Å². The second kappa shape index (κ2) is 4.66. The monoisotopic (exact) mass is 287 g/mol. The summed E-state index contributed by atoms with van der Waals surface area (Å²) in [6.45, 7) is 0.412. The summed E-state index contributed by atoms with van der Waals surface area (Å²) in [5, 5.41) is 19.1. The van der Waals surface area contributed by atoms with Crippen LogP contribution in [0.5, 0.6) is 11.5 Å². The first kappa shape index (κ1) is 13.2. The van der Waals surface area contributed by atoms with E-state index in [0.717, 1.165) is 0 Å². The fourth-order valence-electron chi connectivity index (χ4n) is 2.60. The van der Waals surface area contributed by atoms with Crippen molar-refractivity contribution in [1.82, 2.24) is 4.57 Å². The van der Waals surface area contributed by atoms with Gasteiger partial charge in [0.15, 0.2) is 11.5 Å². The molecule has 0 fully saturated rings. The summed E-state index contributed by atoms with van der Waals surface area (Å²) in [5.74, 6) is -1.41. The number of aromatic nitrogens is 1. The van der Waals surface area contributed by atoms with Crippen molar-refractivity contribution in [3.63, 3.8) is 0 Å². The molecular formula is C15H13NO5. The van der Waals surface area contributed by atoms with Crippen LogP contribution in [-0.2, 0) is 17.7 Å². The van der Waals surface area contributed by atoms with Crippen molar-refractivity contribution in [2.75, 3.05) is 7.11 Å². The van der Waals surface area contributed by atoms with Gasteiger partial charge in [-0.05, 0) is 36.2 Å². The zero-order valence-corrected chi connectivity index (χ0v) is 11.3. The normalized spacial score (nSPS) is 13.3. The summed E-state index contributed by atoms with van der Waals surface area (Å²) < 4.78 is 6.30. The molecular weight excluding hydrogens is 274 g/mol. The van der Waals surface area contributed by atoms with Gasteiger partial charge >= 0.3 is 5.97 Å². The molecule has 1 aromatic carbocycles. The molecule has 0 aliphatic carbocycles. The Morgan fingerprint density at radius 1 is 1.24 bits per heavy atom. The minimum atomic E-state index is -0.509. The van der Waals surface area contributed by atoms with Crippen LogP contribution < -0.4 is 0 Å². The highest BCUT2D eigenvalue weighted by atomic mass is 16.5. The largest absolute Gasteiger partial charge is 0.504 e. The Balaban J connectivity index is 2.15. The minimum absolute atomic E-state index is 0.263. The second-order valence-electron chi connectivity index (χ2n) is 4.82. The molecule has 2 N–H and O–H groups in total. The van der Waals surface area contributed by atoms with Gasteiger partial charge in [-0.25, -0.2) is 4.79 Å². The van der Waals surface area contributed by atoms with Crippen LogP contribution in [-0.4, -0.2) is 33.6 Å². The van der Waals surface area contributed by atoms with E-state index in [1.165, 1.54) is 19.2 Å². The third kappa shape index (κ3) is 1.96. The topological polar surface area (TPSA) is 88.8 Å². The zero-order valence-electron chi connectivity index (χ0n) is 11.3. The summed E-state index contributed by atoms with van der Waals surface area (Å²) in [7, 11) is 1.28. The molecule has 0 saturated heterocycles. The number of benzene rings is 1. The molecule has 0 radical (unpaired) electrons. The van der Waals surface area contributed by atoms with Gasteiger partial charge in [-0.1, -0.05) is 0 Å². The molecule has 1 aliphatic heterocycles. The van der Waals surface area contributed by atoms with Crippen molar-refractivity contribution in [1.29, 1.82) is 0 Å². The molecule has 0 saturated carbocycles. The van der Waals surface area contributed by atoms with Crippen LogP contribution in [0, 0.1) is 0 Å². The summed E-state index contributed by atoms with van der Waals surface area (Å²) in [6, 6.07) is 5.75. The van der Waals surface area contributed by atoms with Gasteiger partial charge in [0.05, 0.1) is 12.8 Å². The Hall–Kier alpha value is -2.76. The number of rotatable bonds is 1. The van der Waals surface area contributed by atoms with E-state index >= 15 is 0 Å². The molecule has 0 atom stereocenters. The lowest BCUT2D eigenvalue weighted by Gasteiger charge is -2.07. The van der Waals surface area contributed by atoms with E-state index in [1.54, 1.807) is 16.7 Å². The minimum Gasteiger partial charge on any atom is -0.504 e. The number of esters is 1. The lowest BCUT2D eigenvalue weighted by atomic mass is 10.00. The highest BCUT2D eigenvalue weighted by Crippen LogP contribution is 2.32. The van der Waals surface area contributed by atoms with E-state index < -0.39 is 5.97 Å². The maximum absolute atomic E-state index is 12.6. The van der Waals surface area contributed by atoms with Crippen LogP contribution in [0.2, 0.25) is 0 Å². The molecule has 0 amide bonds. The van der Waals surface area contributed by atoms with Gasteiger partial charge < -0.3 is 19.5 Å². The molecule has 2 heterocycles. The number of phenols is 2. The molecule has 6 nitrogen and oxygen atoms in total. The summed E-state index contributed by atoms with van der Waals surface area (Å²) in [6.07, 6.45) is 0.459. The molecule has 6 heteroatoms.